The standard InChI is InChI=1S/C11H13Cl2F/c1-8-2-3-11(14)5-10(8)4-9(6-12)7-13/h2-3,5,9H,4,6-7H2,1H3. The van der Waals surface area contributed by atoms with Crippen LogP contribution >= 0.6 is 23.2 Å². The molecule has 1 aromatic carbocycles. The lowest BCUT2D eigenvalue weighted by molar-refractivity contribution is 0.614. The zero-order chi connectivity index (χ0) is 10.6. The summed E-state index contributed by atoms with van der Waals surface area (Å²) in [5.74, 6) is 1.05. The van der Waals surface area contributed by atoms with E-state index < -0.39 is 0 Å². The molecule has 0 amide bonds. The fourth-order valence-electron chi connectivity index (χ4n) is 1.32. The molecule has 0 saturated heterocycles. The zero-order valence-corrected chi connectivity index (χ0v) is 9.58. The minimum atomic E-state index is -0.200. The van der Waals surface area contributed by atoms with Gasteiger partial charge in [-0.3, -0.25) is 0 Å². The highest BCUT2D eigenvalue weighted by atomic mass is 35.5. The SMILES string of the molecule is Cc1ccc(F)cc1CC(CCl)CCl. The largest absolute Gasteiger partial charge is 0.207 e. The molecule has 0 spiro atoms. The highest BCUT2D eigenvalue weighted by Crippen LogP contribution is 2.17. The van der Waals surface area contributed by atoms with Crippen molar-refractivity contribution >= 4 is 23.2 Å². The third-order valence-corrected chi connectivity index (χ3v) is 3.13. The van der Waals surface area contributed by atoms with Gasteiger partial charge in [0.25, 0.3) is 0 Å². The monoisotopic (exact) mass is 234 g/mol. The second-order valence-electron chi connectivity index (χ2n) is 3.45. The van der Waals surface area contributed by atoms with E-state index in [9.17, 15) is 4.39 Å². The Morgan fingerprint density at radius 1 is 1.29 bits per heavy atom. The van der Waals surface area contributed by atoms with Crippen molar-refractivity contribution in [1.29, 1.82) is 0 Å². The summed E-state index contributed by atoms with van der Waals surface area (Å²) in [4.78, 5) is 0. The van der Waals surface area contributed by atoms with E-state index in [0.29, 0.717) is 11.8 Å². The number of hydrogen-bond acceptors (Lipinski definition) is 0. The van der Waals surface area contributed by atoms with Gasteiger partial charge in [0.2, 0.25) is 0 Å². The Hall–Kier alpha value is -0.270. The van der Waals surface area contributed by atoms with Crippen molar-refractivity contribution in [2.24, 2.45) is 5.92 Å². The Labute approximate surface area is 94.0 Å². The van der Waals surface area contributed by atoms with E-state index in [1.807, 2.05) is 6.92 Å². The predicted molar refractivity (Wildman–Crippen MR) is 59.8 cm³/mol. The van der Waals surface area contributed by atoms with Crippen LogP contribution in [-0.4, -0.2) is 11.8 Å². The molecule has 0 bridgehead atoms. The van der Waals surface area contributed by atoms with E-state index in [2.05, 4.69) is 0 Å². The van der Waals surface area contributed by atoms with Crippen LogP contribution < -0.4 is 0 Å². The summed E-state index contributed by atoms with van der Waals surface area (Å²) >= 11 is 11.5. The topological polar surface area (TPSA) is 0 Å². The molecule has 0 heterocycles. The summed E-state index contributed by atoms with van der Waals surface area (Å²) < 4.78 is 12.9. The van der Waals surface area contributed by atoms with Gasteiger partial charge in [0.05, 0.1) is 0 Å². The molecule has 0 nitrogen and oxygen atoms in total. The van der Waals surface area contributed by atoms with Gasteiger partial charge in [-0.25, -0.2) is 4.39 Å². The number of benzene rings is 1. The van der Waals surface area contributed by atoms with Crippen molar-refractivity contribution in [3.8, 4) is 0 Å². The van der Waals surface area contributed by atoms with E-state index in [4.69, 9.17) is 23.2 Å². The second-order valence-corrected chi connectivity index (χ2v) is 4.07. The summed E-state index contributed by atoms with van der Waals surface area (Å²) in [5.41, 5.74) is 2.09. The Morgan fingerprint density at radius 3 is 2.50 bits per heavy atom. The summed E-state index contributed by atoms with van der Waals surface area (Å²) in [7, 11) is 0. The van der Waals surface area contributed by atoms with Crippen molar-refractivity contribution in [2.45, 2.75) is 13.3 Å². The Morgan fingerprint density at radius 2 is 1.93 bits per heavy atom. The molecule has 0 fully saturated rings. The van der Waals surface area contributed by atoms with Gasteiger partial charge in [-0.05, 0) is 42.5 Å². The molecule has 0 atom stereocenters. The maximum Gasteiger partial charge on any atom is 0.123 e. The fraction of sp³-hybridized carbons (Fsp3) is 0.455. The van der Waals surface area contributed by atoms with E-state index >= 15 is 0 Å². The van der Waals surface area contributed by atoms with Gasteiger partial charge in [0, 0.05) is 11.8 Å². The highest BCUT2D eigenvalue weighted by molar-refractivity contribution is 6.20. The van der Waals surface area contributed by atoms with Gasteiger partial charge < -0.3 is 0 Å². The van der Waals surface area contributed by atoms with Crippen molar-refractivity contribution in [3.05, 3.63) is 35.1 Å². The first kappa shape index (κ1) is 11.8. The van der Waals surface area contributed by atoms with Crippen LogP contribution in [-0.2, 0) is 6.42 Å². The summed E-state index contributed by atoms with van der Waals surface area (Å²) in [6.45, 7) is 1.97. The number of halogens is 3. The molecule has 0 aliphatic rings. The van der Waals surface area contributed by atoms with Crippen molar-refractivity contribution in [2.75, 3.05) is 11.8 Å². The first-order valence-electron chi connectivity index (χ1n) is 4.54. The lowest BCUT2D eigenvalue weighted by Gasteiger charge is -2.12. The van der Waals surface area contributed by atoms with Crippen LogP contribution in [0.15, 0.2) is 18.2 Å². The lowest BCUT2D eigenvalue weighted by Crippen LogP contribution is -2.09. The molecule has 3 heteroatoms. The molecule has 0 aromatic heterocycles. The molecule has 0 aliphatic heterocycles. The number of alkyl halides is 2. The molecule has 0 radical (unpaired) electrons. The van der Waals surface area contributed by atoms with Crippen LogP contribution in [0, 0.1) is 18.7 Å². The molecule has 0 unspecified atom stereocenters. The zero-order valence-electron chi connectivity index (χ0n) is 8.06. The van der Waals surface area contributed by atoms with Gasteiger partial charge >= 0.3 is 0 Å². The number of rotatable bonds is 4. The van der Waals surface area contributed by atoms with E-state index in [1.165, 1.54) is 6.07 Å². The summed E-state index contributed by atoms with van der Waals surface area (Å²) in [6, 6.07) is 4.81. The third-order valence-electron chi connectivity index (χ3n) is 2.26. The van der Waals surface area contributed by atoms with Crippen molar-refractivity contribution in [1.82, 2.24) is 0 Å². The molecule has 0 saturated carbocycles. The molecule has 78 valence electrons. The highest BCUT2D eigenvalue weighted by Gasteiger charge is 2.09. The molecule has 0 aliphatic carbocycles. The van der Waals surface area contributed by atoms with Gasteiger partial charge in [-0.2, -0.15) is 0 Å². The minimum Gasteiger partial charge on any atom is -0.207 e. The normalized spacial score (nSPS) is 10.9. The van der Waals surface area contributed by atoms with Crippen LogP contribution in [0.1, 0.15) is 11.1 Å². The molecular formula is C11H13Cl2F. The molecule has 0 N–H and O–H groups in total. The van der Waals surface area contributed by atoms with Crippen LogP contribution in [0.3, 0.4) is 0 Å². The molecule has 14 heavy (non-hydrogen) atoms. The van der Waals surface area contributed by atoms with Gasteiger partial charge in [0.15, 0.2) is 0 Å². The fourth-order valence-corrected chi connectivity index (χ4v) is 1.87. The van der Waals surface area contributed by atoms with Crippen LogP contribution in [0.4, 0.5) is 4.39 Å². The quantitative estimate of drug-likeness (QED) is 0.697. The molecule has 1 rings (SSSR count). The van der Waals surface area contributed by atoms with Gasteiger partial charge in [-0.15, -0.1) is 23.2 Å². The van der Waals surface area contributed by atoms with Crippen LogP contribution in [0.25, 0.3) is 0 Å². The molecular weight excluding hydrogens is 222 g/mol. The third kappa shape index (κ3) is 3.14. The molecule has 1 aromatic rings. The van der Waals surface area contributed by atoms with Crippen molar-refractivity contribution < 1.29 is 4.39 Å². The van der Waals surface area contributed by atoms with Gasteiger partial charge in [0.1, 0.15) is 5.82 Å². The smallest absolute Gasteiger partial charge is 0.123 e. The summed E-state index contributed by atoms with van der Waals surface area (Å²) in [6.07, 6.45) is 0.747. The Bertz CT molecular complexity index is 295. The predicted octanol–water partition coefficient (Wildman–Crippen LogP) is 3.77. The maximum absolute atomic E-state index is 12.9. The maximum atomic E-state index is 12.9. The second kappa shape index (κ2) is 5.57. The van der Waals surface area contributed by atoms with Gasteiger partial charge in [-0.1, -0.05) is 6.07 Å². The first-order chi connectivity index (χ1) is 6.67. The van der Waals surface area contributed by atoms with Crippen LogP contribution in [0.5, 0.6) is 0 Å². The van der Waals surface area contributed by atoms with E-state index in [1.54, 1.807) is 12.1 Å². The average Bonchev–Trinajstić information content (AvgIpc) is 2.19. The Kier molecular flexibility index (Phi) is 4.70. The van der Waals surface area contributed by atoms with Crippen LogP contribution in [0.2, 0.25) is 0 Å². The lowest BCUT2D eigenvalue weighted by atomic mass is 9.98. The van der Waals surface area contributed by atoms with E-state index in [-0.39, 0.29) is 11.7 Å². The number of hydrogen-bond donors (Lipinski definition) is 0. The van der Waals surface area contributed by atoms with Crippen molar-refractivity contribution in [3.63, 3.8) is 0 Å². The summed E-state index contributed by atoms with van der Waals surface area (Å²) in [5, 5.41) is 0. The number of aryl methyl sites for hydroxylation is 1. The average molecular weight is 235 g/mol. The minimum absolute atomic E-state index is 0.200. The Balaban J connectivity index is 2.79. The van der Waals surface area contributed by atoms with E-state index in [0.717, 1.165) is 17.5 Å². The first-order valence-corrected chi connectivity index (χ1v) is 5.61.